The van der Waals surface area contributed by atoms with Crippen LogP contribution in [0.15, 0.2) is 35.4 Å². The van der Waals surface area contributed by atoms with Gasteiger partial charge in [-0.05, 0) is 51.8 Å². The molecule has 0 aliphatic heterocycles. The van der Waals surface area contributed by atoms with Crippen LogP contribution in [0, 0.1) is 6.92 Å². The van der Waals surface area contributed by atoms with Crippen molar-refractivity contribution in [2.24, 2.45) is 0 Å². The molecule has 1 saturated carbocycles. The minimum atomic E-state index is -3.35. The number of benzene rings is 1. The van der Waals surface area contributed by atoms with E-state index >= 15 is 0 Å². The van der Waals surface area contributed by atoms with E-state index in [1.165, 1.54) is 19.1 Å². The number of rotatable bonds is 7. The molecule has 0 spiro atoms. The fourth-order valence-electron chi connectivity index (χ4n) is 4.18. The molecular weight excluding hydrogens is 414 g/mol. The molecule has 31 heavy (non-hydrogen) atoms. The average molecular weight is 444 g/mol. The maximum Gasteiger partial charge on any atom is 0.180 e. The first-order valence-corrected chi connectivity index (χ1v) is 12.6. The monoisotopic (exact) mass is 443 g/mol. The summed E-state index contributed by atoms with van der Waals surface area (Å²) in [6.45, 7) is 6.44. The smallest absolute Gasteiger partial charge is 0.180 e. The summed E-state index contributed by atoms with van der Waals surface area (Å²) < 4.78 is 33.7. The van der Waals surface area contributed by atoms with Crippen LogP contribution >= 0.6 is 0 Å². The van der Waals surface area contributed by atoms with Gasteiger partial charge in [-0.2, -0.15) is 5.10 Å². The highest BCUT2D eigenvalue weighted by molar-refractivity contribution is 7.90. The van der Waals surface area contributed by atoms with Crippen molar-refractivity contribution in [3.63, 3.8) is 0 Å². The summed E-state index contributed by atoms with van der Waals surface area (Å²) in [5, 5.41) is 9.36. The van der Waals surface area contributed by atoms with Gasteiger partial charge in [0.25, 0.3) is 0 Å². The highest BCUT2D eigenvalue weighted by atomic mass is 32.2. The van der Waals surface area contributed by atoms with Gasteiger partial charge in [-0.3, -0.25) is 4.68 Å². The lowest BCUT2D eigenvalue weighted by molar-refractivity contribution is 0.0701. The van der Waals surface area contributed by atoms with E-state index in [2.05, 4.69) is 16.7 Å². The van der Waals surface area contributed by atoms with Gasteiger partial charge in [0.1, 0.15) is 6.10 Å². The molecule has 1 fully saturated rings. The molecule has 2 heterocycles. The van der Waals surface area contributed by atoms with Gasteiger partial charge in [0.05, 0.1) is 28.4 Å². The van der Waals surface area contributed by atoms with E-state index in [0.717, 1.165) is 24.1 Å². The normalized spacial score (nSPS) is 16.1. The van der Waals surface area contributed by atoms with Gasteiger partial charge in [-0.1, -0.05) is 18.9 Å². The van der Waals surface area contributed by atoms with Gasteiger partial charge < -0.3 is 4.74 Å². The molecule has 1 unspecified atom stereocenters. The molecule has 0 amide bonds. The van der Waals surface area contributed by atoms with Crippen LogP contribution in [0.4, 0.5) is 0 Å². The zero-order chi connectivity index (χ0) is 22.2. The third-order valence-corrected chi connectivity index (χ3v) is 6.96. The van der Waals surface area contributed by atoms with Gasteiger partial charge in [0.2, 0.25) is 0 Å². The maximum absolute atomic E-state index is 12.1. The second-order valence-electron chi connectivity index (χ2n) is 8.10. The van der Waals surface area contributed by atoms with Crippen LogP contribution < -0.4 is 0 Å². The molecule has 2 aromatic heterocycles. The molecule has 1 aliphatic carbocycles. The van der Waals surface area contributed by atoms with E-state index in [1.807, 2.05) is 26.1 Å². The van der Waals surface area contributed by atoms with Crippen molar-refractivity contribution in [3.05, 3.63) is 42.0 Å². The van der Waals surface area contributed by atoms with Gasteiger partial charge in [-0.15, -0.1) is 5.10 Å². The Morgan fingerprint density at radius 1 is 1.26 bits per heavy atom. The lowest BCUT2D eigenvalue weighted by Crippen LogP contribution is -2.08. The van der Waals surface area contributed by atoms with Crippen LogP contribution in [0.25, 0.3) is 17.1 Å². The number of ether oxygens (including phenoxy) is 1. The largest absolute Gasteiger partial charge is 0.371 e. The molecule has 0 saturated heterocycles. The molecule has 3 aromatic rings. The molecule has 0 radical (unpaired) electrons. The predicted octanol–water partition coefficient (Wildman–Crippen LogP) is 4.06. The van der Waals surface area contributed by atoms with Crippen LogP contribution in [0.5, 0.6) is 0 Å². The number of sulfone groups is 1. The highest BCUT2D eigenvalue weighted by Crippen LogP contribution is 2.33. The van der Waals surface area contributed by atoms with Crippen LogP contribution in [-0.4, -0.2) is 45.8 Å². The van der Waals surface area contributed by atoms with E-state index in [1.54, 1.807) is 22.9 Å². The van der Waals surface area contributed by atoms with Crippen LogP contribution in [0.2, 0.25) is 0 Å². The Kier molecular flexibility index (Phi) is 5.98. The van der Waals surface area contributed by atoms with E-state index in [-0.39, 0.29) is 11.0 Å². The fourth-order valence-corrected chi connectivity index (χ4v) is 4.85. The minimum absolute atomic E-state index is 0.240. The van der Waals surface area contributed by atoms with E-state index in [0.29, 0.717) is 30.0 Å². The lowest BCUT2D eigenvalue weighted by atomic mass is 10.2. The summed E-state index contributed by atoms with van der Waals surface area (Å²) in [6, 6.07) is 7.18. The van der Waals surface area contributed by atoms with Crippen molar-refractivity contribution in [3.8, 4) is 17.1 Å². The van der Waals surface area contributed by atoms with Gasteiger partial charge in [0, 0.05) is 18.6 Å². The second kappa shape index (κ2) is 8.55. The molecule has 0 bridgehead atoms. The van der Waals surface area contributed by atoms with E-state index < -0.39 is 9.84 Å². The zero-order valence-corrected chi connectivity index (χ0v) is 19.3. The first-order chi connectivity index (χ1) is 14.8. The predicted molar refractivity (Wildman–Crippen MR) is 118 cm³/mol. The summed E-state index contributed by atoms with van der Waals surface area (Å²) >= 11 is 0. The number of hydrogen-bond acceptors (Lipinski definition) is 6. The van der Waals surface area contributed by atoms with Gasteiger partial charge >= 0.3 is 0 Å². The topological polar surface area (TPSA) is 91.9 Å². The summed E-state index contributed by atoms with van der Waals surface area (Å²) in [5.74, 6) is 1.18. The summed E-state index contributed by atoms with van der Waals surface area (Å²) in [5.41, 5.74) is 2.56. The molecule has 1 atom stereocenters. The van der Waals surface area contributed by atoms with Gasteiger partial charge in [-0.25, -0.2) is 18.1 Å². The molecule has 1 aliphatic rings. The Morgan fingerprint density at radius 2 is 2.00 bits per heavy atom. The molecular formula is C22H29N5O3S. The SMILES string of the molecule is CCOC(C)c1nc(-c2cnn(C3CCCC3)c2C)n(-c2cccc(S(C)(=O)=O)c2)n1. The van der Waals surface area contributed by atoms with Crippen molar-refractivity contribution in [1.82, 2.24) is 24.5 Å². The quantitative estimate of drug-likeness (QED) is 0.547. The number of aromatic nitrogens is 5. The Balaban J connectivity index is 1.84. The molecule has 8 nitrogen and oxygen atoms in total. The van der Waals surface area contributed by atoms with Crippen LogP contribution in [-0.2, 0) is 14.6 Å². The summed E-state index contributed by atoms with van der Waals surface area (Å²) in [7, 11) is -3.35. The highest BCUT2D eigenvalue weighted by Gasteiger charge is 2.25. The Labute approximate surface area is 183 Å². The molecule has 1 aromatic carbocycles. The Bertz CT molecular complexity index is 1180. The maximum atomic E-state index is 12.1. The van der Waals surface area contributed by atoms with Crippen molar-refractivity contribution >= 4 is 9.84 Å². The van der Waals surface area contributed by atoms with E-state index in [9.17, 15) is 8.42 Å². The Morgan fingerprint density at radius 3 is 2.68 bits per heavy atom. The van der Waals surface area contributed by atoms with Gasteiger partial charge in [0.15, 0.2) is 21.5 Å². The molecule has 9 heteroatoms. The first-order valence-electron chi connectivity index (χ1n) is 10.7. The third-order valence-electron chi connectivity index (χ3n) is 5.85. The lowest BCUT2D eigenvalue weighted by Gasteiger charge is -2.13. The van der Waals surface area contributed by atoms with Crippen molar-refractivity contribution < 1.29 is 13.2 Å². The molecule has 4 rings (SSSR count). The standard InChI is InChI=1S/C22H29N5O3S/c1-5-30-16(3)21-24-22(20-14-23-26(15(20)2)17-9-6-7-10-17)27(25-21)18-11-8-12-19(13-18)31(4,28)29/h8,11-14,16-17H,5-7,9-10H2,1-4H3. The molecule has 166 valence electrons. The van der Waals surface area contributed by atoms with E-state index in [4.69, 9.17) is 14.8 Å². The second-order valence-corrected chi connectivity index (χ2v) is 10.1. The number of nitrogens with zero attached hydrogens (tertiary/aromatic N) is 5. The van der Waals surface area contributed by atoms with Crippen molar-refractivity contribution in [1.29, 1.82) is 0 Å². The number of hydrogen-bond donors (Lipinski definition) is 0. The van der Waals surface area contributed by atoms with Crippen molar-refractivity contribution in [2.45, 2.75) is 63.5 Å². The average Bonchev–Trinajstić information content (AvgIpc) is 3.47. The summed E-state index contributed by atoms with van der Waals surface area (Å²) in [6.07, 6.45) is 7.48. The summed E-state index contributed by atoms with van der Waals surface area (Å²) in [4.78, 5) is 5.03. The molecule has 0 N–H and O–H groups in total. The fraction of sp³-hybridized carbons (Fsp3) is 0.500. The minimum Gasteiger partial charge on any atom is -0.371 e. The van der Waals surface area contributed by atoms with Crippen LogP contribution in [0.3, 0.4) is 0 Å². The first kappa shape index (κ1) is 21.7. The van der Waals surface area contributed by atoms with Crippen LogP contribution in [0.1, 0.15) is 63.2 Å². The zero-order valence-electron chi connectivity index (χ0n) is 18.4. The Hall–Kier alpha value is -2.52. The third kappa shape index (κ3) is 4.29. The van der Waals surface area contributed by atoms with Crippen molar-refractivity contribution in [2.75, 3.05) is 12.9 Å².